The molecule has 0 aromatic rings. The molecular formula is C13H26N2O. The van der Waals surface area contributed by atoms with Gasteiger partial charge in [0.25, 0.3) is 0 Å². The molecule has 1 amide bonds. The van der Waals surface area contributed by atoms with Gasteiger partial charge in [0, 0.05) is 12.6 Å². The van der Waals surface area contributed by atoms with Gasteiger partial charge in [-0.05, 0) is 31.6 Å². The van der Waals surface area contributed by atoms with Crippen LogP contribution in [0.5, 0.6) is 0 Å². The number of piperidine rings is 1. The van der Waals surface area contributed by atoms with E-state index in [4.69, 9.17) is 5.73 Å². The Bertz CT molecular complexity index is 242. The minimum Gasteiger partial charge on any atom is -0.338 e. The Kier molecular flexibility index (Phi) is 4.78. The zero-order valence-electron chi connectivity index (χ0n) is 11.1. The van der Waals surface area contributed by atoms with Crippen LogP contribution in [0, 0.1) is 11.8 Å². The highest BCUT2D eigenvalue weighted by atomic mass is 16.2. The van der Waals surface area contributed by atoms with E-state index < -0.39 is 0 Å². The van der Waals surface area contributed by atoms with E-state index in [9.17, 15) is 4.79 Å². The summed E-state index contributed by atoms with van der Waals surface area (Å²) < 4.78 is 0. The van der Waals surface area contributed by atoms with Crippen molar-refractivity contribution >= 4 is 5.91 Å². The van der Waals surface area contributed by atoms with Crippen LogP contribution < -0.4 is 5.73 Å². The average Bonchev–Trinajstić information content (AvgIpc) is 2.29. The van der Waals surface area contributed by atoms with Crippen LogP contribution in [0.4, 0.5) is 0 Å². The summed E-state index contributed by atoms with van der Waals surface area (Å²) in [6.45, 7) is 9.36. The molecule has 0 spiro atoms. The third-order valence-corrected chi connectivity index (χ3v) is 3.94. The van der Waals surface area contributed by atoms with Crippen molar-refractivity contribution in [2.75, 3.05) is 6.54 Å². The molecule has 0 bridgehead atoms. The summed E-state index contributed by atoms with van der Waals surface area (Å²) in [5, 5.41) is 0. The predicted molar refractivity (Wildman–Crippen MR) is 67.0 cm³/mol. The number of carbonyl (C=O) groups is 1. The fraction of sp³-hybridized carbons (Fsp3) is 0.923. The van der Waals surface area contributed by atoms with Crippen molar-refractivity contribution in [2.45, 2.75) is 59.0 Å². The van der Waals surface area contributed by atoms with Gasteiger partial charge in [-0.25, -0.2) is 0 Å². The van der Waals surface area contributed by atoms with Crippen LogP contribution in [0.1, 0.15) is 47.0 Å². The Morgan fingerprint density at radius 2 is 2.06 bits per heavy atom. The third kappa shape index (κ3) is 2.97. The summed E-state index contributed by atoms with van der Waals surface area (Å²) >= 11 is 0. The van der Waals surface area contributed by atoms with Gasteiger partial charge < -0.3 is 10.6 Å². The molecular weight excluding hydrogens is 200 g/mol. The van der Waals surface area contributed by atoms with E-state index in [2.05, 4.69) is 27.7 Å². The molecule has 1 aliphatic rings. The molecule has 3 nitrogen and oxygen atoms in total. The fourth-order valence-corrected chi connectivity index (χ4v) is 2.28. The monoisotopic (exact) mass is 226 g/mol. The Morgan fingerprint density at radius 3 is 2.62 bits per heavy atom. The minimum atomic E-state index is -0.322. The van der Waals surface area contributed by atoms with E-state index in [1.165, 1.54) is 6.42 Å². The molecule has 4 atom stereocenters. The van der Waals surface area contributed by atoms with Crippen molar-refractivity contribution in [3.8, 4) is 0 Å². The van der Waals surface area contributed by atoms with E-state index >= 15 is 0 Å². The molecule has 1 aliphatic heterocycles. The second-order valence-corrected chi connectivity index (χ2v) is 5.43. The molecule has 2 N–H and O–H groups in total. The van der Waals surface area contributed by atoms with Gasteiger partial charge in [0.15, 0.2) is 0 Å². The topological polar surface area (TPSA) is 46.3 Å². The molecule has 0 aromatic carbocycles. The number of rotatable bonds is 3. The van der Waals surface area contributed by atoms with Gasteiger partial charge in [0.2, 0.25) is 5.91 Å². The number of nitrogens with zero attached hydrogens (tertiary/aromatic N) is 1. The first-order valence-electron chi connectivity index (χ1n) is 6.53. The summed E-state index contributed by atoms with van der Waals surface area (Å²) in [6.07, 6.45) is 3.30. The number of nitrogens with two attached hydrogens (primary N) is 1. The predicted octanol–water partition coefficient (Wildman–Crippen LogP) is 2.01. The van der Waals surface area contributed by atoms with E-state index in [-0.39, 0.29) is 17.9 Å². The van der Waals surface area contributed by atoms with Gasteiger partial charge in [0.05, 0.1) is 6.04 Å². The van der Waals surface area contributed by atoms with E-state index in [0.717, 1.165) is 19.4 Å². The van der Waals surface area contributed by atoms with Gasteiger partial charge in [-0.3, -0.25) is 4.79 Å². The molecule has 1 rings (SSSR count). The zero-order valence-corrected chi connectivity index (χ0v) is 11.1. The third-order valence-electron chi connectivity index (χ3n) is 3.94. The number of hydrogen-bond donors (Lipinski definition) is 1. The van der Waals surface area contributed by atoms with Crippen molar-refractivity contribution < 1.29 is 4.79 Å². The van der Waals surface area contributed by atoms with Crippen LogP contribution in [0.3, 0.4) is 0 Å². The standard InChI is InChI=1S/C13H26N2O/c1-5-10(3)12(14)13(16)15-8-9(2)6-7-11(15)4/h9-12H,5-8,14H2,1-4H3. The van der Waals surface area contributed by atoms with E-state index in [0.29, 0.717) is 12.0 Å². The molecule has 0 aliphatic carbocycles. The second-order valence-electron chi connectivity index (χ2n) is 5.43. The highest BCUT2D eigenvalue weighted by molar-refractivity contribution is 5.82. The van der Waals surface area contributed by atoms with Crippen LogP contribution in [0.25, 0.3) is 0 Å². The quantitative estimate of drug-likeness (QED) is 0.800. The fourth-order valence-electron chi connectivity index (χ4n) is 2.28. The Morgan fingerprint density at radius 1 is 1.44 bits per heavy atom. The molecule has 16 heavy (non-hydrogen) atoms. The first kappa shape index (κ1) is 13.5. The van der Waals surface area contributed by atoms with Gasteiger partial charge in [-0.2, -0.15) is 0 Å². The SMILES string of the molecule is CCC(C)C(N)C(=O)N1CC(C)CCC1C. The maximum atomic E-state index is 12.3. The van der Waals surface area contributed by atoms with E-state index in [1.807, 2.05) is 4.90 Å². The number of carbonyl (C=O) groups excluding carboxylic acids is 1. The maximum Gasteiger partial charge on any atom is 0.240 e. The Hall–Kier alpha value is -0.570. The number of amides is 1. The van der Waals surface area contributed by atoms with Crippen LogP contribution in [0.15, 0.2) is 0 Å². The van der Waals surface area contributed by atoms with Gasteiger partial charge >= 0.3 is 0 Å². The lowest BCUT2D eigenvalue weighted by Gasteiger charge is -2.39. The first-order chi connectivity index (χ1) is 7.47. The Balaban J connectivity index is 2.64. The normalized spacial score (nSPS) is 29.9. The molecule has 94 valence electrons. The largest absolute Gasteiger partial charge is 0.338 e. The molecule has 0 saturated carbocycles. The van der Waals surface area contributed by atoms with Crippen molar-refractivity contribution in [1.29, 1.82) is 0 Å². The smallest absolute Gasteiger partial charge is 0.240 e. The highest BCUT2D eigenvalue weighted by Crippen LogP contribution is 2.23. The van der Waals surface area contributed by atoms with Crippen molar-refractivity contribution in [2.24, 2.45) is 17.6 Å². The lowest BCUT2D eigenvalue weighted by molar-refractivity contribution is -0.138. The molecule has 0 aromatic heterocycles. The first-order valence-corrected chi connectivity index (χ1v) is 6.53. The Labute approximate surface area is 99.4 Å². The second kappa shape index (κ2) is 5.67. The summed E-state index contributed by atoms with van der Waals surface area (Å²) in [5.74, 6) is 1.04. The summed E-state index contributed by atoms with van der Waals surface area (Å²) in [5.41, 5.74) is 6.02. The summed E-state index contributed by atoms with van der Waals surface area (Å²) in [4.78, 5) is 14.2. The molecule has 0 radical (unpaired) electrons. The number of hydrogen-bond acceptors (Lipinski definition) is 2. The van der Waals surface area contributed by atoms with E-state index in [1.54, 1.807) is 0 Å². The lowest BCUT2D eigenvalue weighted by Crippen LogP contribution is -2.53. The summed E-state index contributed by atoms with van der Waals surface area (Å²) in [7, 11) is 0. The highest BCUT2D eigenvalue weighted by Gasteiger charge is 2.31. The van der Waals surface area contributed by atoms with Crippen LogP contribution in [0.2, 0.25) is 0 Å². The molecule has 4 unspecified atom stereocenters. The minimum absolute atomic E-state index is 0.147. The van der Waals surface area contributed by atoms with Crippen molar-refractivity contribution in [3.63, 3.8) is 0 Å². The van der Waals surface area contributed by atoms with Crippen LogP contribution in [-0.4, -0.2) is 29.4 Å². The van der Waals surface area contributed by atoms with Crippen LogP contribution >= 0.6 is 0 Å². The maximum absolute atomic E-state index is 12.3. The van der Waals surface area contributed by atoms with Gasteiger partial charge in [-0.15, -0.1) is 0 Å². The molecule has 1 heterocycles. The molecule has 3 heteroatoms. The average molecular weight is 226 g/mol. The van der Waals surface area contributed by atoms with Crippen LogP contribution in [-0.2, 0) is 4.79 Å². The van der Waals surface area contributed by atoms with Crippen molar-refractivity contribution in [1.82, 2.24) is 4.90 Å². The molecule has 1 saturated heterocycles. The molecule has 1 fully saturated rings. The zero-order chi connectivity index (χ0) is 12.3. The number of likely N-dealkylation sites (tertiary alicyclic amines) is 1. The lowest BCUT2D eigenvalue weighted by atomic mass is 9.92. The van der Waals surface area contributed by atoms with Gasteiger partial charge in [0.1, 0.15) is 0 Å². The van der Waals surface area contributed by atoms with Crippen molar-refractivity contribution in [3.05, 3.63) is 0 Å². The van der Waals surface area contributed by atoms with Gasteiger partial charge in [-0.1, -0.05) is 27.2 Å². The summed E-state index contributed by atoms with van der Waals surface area (Å²) in [6, 6.07) is 0.0385.